The van der Waals surface area contributed by atoms with Gasteiger partial charge in [-0.25, -0.2) is 0 Å². The van der Waals surface area contributed by atoms with Crippen LogP contribution in [0.25, 0.3) is 0 Å². The first-order valence-corrected chi connectivity index (χ1v) is 10.3. The summed E-state index contributed by atoms with van der Waals surface area (Å²) in [5.41, 5.74) is 4.10. The molecule has 0 aliphatic carbocycles. The van der Waals surface area contributed by atoms with Crippen LogP contribution in [0.5, 0.6) is 5.75 Å². The largest absolute Gasteiger partial charge is 0.612 e. The lowest BCUT2D eigenvalue weighted by molar-refractivity contribution is 0.109. The first-order chi connectivity index (χ1) is 11.9. The first kappa shape index (κ1) is 18.3. The Morgan fingerprint density at radius 3 is 2.60 bits per heavy atom. The first-order valence-electron chi connectivity index (χ1n) is 8.72. The van der Waals surface area contributed by atoms with Crippen molar-refractivity contribution in [3.63, 3.8) is 0 Å². The third-order valence-electron chi connectivity index (χ3n) is 5.25. The summed E-state index contributed by atoms with van der Waals surface area (Å²) in [6, 6.07) is 14.6. The average molecular weight is 358 g/mol. The van der Waals surface area contributed by atoms with Gasteiger partial charge in [-0.3, -0.25) is 4.90 Å². The predicted molar refractivity (Wildman–Crippen MR) is 103 cm³/mol. The Kier molecular flexibility index (Phi) is 5.42. The quantitative estimate of drug-likeness (QED) is 0.728. The Morgan fingerprint density at radius 2 is 1.88 bits per heavy atom. The summed E-state index contributed by atoms with van der Waals surface area (Å²) in [7, 11) is 1.71. The molecule has 0 spiro atoms. The smallest absolute Gasteiger partial charge is 0.152 e. The molecule has 0 N–H and O–H groups in total. The molecule has 2 aromatic carbocycles. The summed E-state index contributed by atoms with van der Waals surface area (Å²) < 4.78 is 17.0. The Morgan fingerprint density at radius 1 is 1.12 bits per heavy atom. The number of fused-ring (bicyclic) bond motifs is 1. The molecule has 0 amide bonds. The zero-order valence-electron chi connectivity index (χ0n) is 15.5. The monoisotopic (exact) mass is 357 g/mol. The van der Waals surface area contributed by atoms with E-state index in [2.05, 4.69) is 49.1 Å². The van der Waals surface area contributed by atoms with Gasteiger partial charge in [0.15, 0.2) is 4.90 Å². The Labute approximate surface area is 154 Å². The van der Waals surface area contributed by atoms with Gasteiger partial charge in [0.1, 0.15) is 12.0 Å². The number of benzene rings is 2. The molecule has 0 aromatic heterocycles. The second-order valence-corrected chi connectivity index (χ2v) is 8.78. The third-order valence-corrected chi connectivity index (χ3v) is 6.17. The van der Waals surface area contributed by atoms with Crippen LogP contribution in [0.15, 0.2) is 47.4 Å². The molecule has 0 radical (unpaired) electrons. The zero-order valence-corrected chi connectivity index (χ0v) is 16.4. The van der Waals surface area contributed by atoms with Crippen LogP contribution in [-0.2, 0) is 30.7 Å². The molecule has 0 saturated carbocycles. The summed E-state index contributed by atoms with van der Waals surface area (Å²) in [6.45, 7) is 6.54. The van der Waals surface area contributed by atoms with E-state index in [1.54, 1.807) is 13.4 Å². The number of hydrogen-bond donors (Lipinski definition) is 0. The van der Waals surface area contributed by atoms with Gasteiger partial charge in [0.2, 0.25) is 0 Å². The minimum Gasteiger partial charge on any atom is -0.612 e. The average Bonchev–Trinajstić information content (AvgIpc) is 3.04. The minimum absolute atomic E-state index is 0.105. The van der Waals surface area contributed by atoms with Crippen molar-refractivity contribution in [1.82, 2.24) is 4.90 Å². The Balaban J connectivity index is 1.66. The lowest BCUT2D eigenvalue weighted by Gasteiger charge is -2.35. The van der Waals surface area contributed by atoms with E-state index in [0.717, 1.165) is 36.6 Å². The summed E-state index contributed by atoms with van der Waals surface area (Å²) in [5, 5.41) is 0. The van der Waals surface area contributed by atoms with E-state index in [4.69, 9.17) is 4.74 Å². The highest BCUT2D eigenvalue weighted by atomic mass is 32.2. The van der Waals surface area contributed by atoms with Crippen molar-refractivity contribution in [3.05, 3.63) is 59.2 Å². The lowest BCUT2D eigenvalue weighted by atomic mass is 9.93. The third kappa shape index (κ3) is 4.20. The SMILES string of the molecule is COc1cccc(CCC(C)(C)N2Cc3ccc([S+](C)[O-])cc3C2)c1. The van der Waals surface area contributed by atoms with Gasteiger partial charge in [-0.15, -0.1) is 0 Å². The fourth-order valence-electron chi connectivity index (χ4n) is 3.41. The van der Waals surface area contributed by atoms with Gasteiger partial charge in [-0.05, 0) is 78.8 Å². The van der Waals surface area contributed by atoms with Gasteiger partial charge in [-0.1, -0.05) is 18.2 Å². The molecular formula is C21H27NO2S. The molecule has 4 heteroatoms. The Hall–Kier alpha value is -1.49. The van der Waals surface area contributed by atoms with Crippen molar-refractivity contribution < 1.29 is 9.29 Å². The summed E-state index contributed by atoms with van der Waals surface area (Å²) in [6.07, 6.45) is 3.86. The zero-order chi connectivity index (χ0) is 18.0. The fourth-order valence-corrected chi connectivity index (χ4v) is 3.98. The van der Waals surface area contributed by atoms with Crippen molar-refractivity contribution >= 4 is 11.2 Å². The number of hydrogen-bond acceptors (Lipinski definition) is 3. The normalized spacial score (nSPS) is 15.9. The van der Waals surface area contributed by atoms with Crippen molar-refractivity contribution in [2.75, 3.05) is 13.4 Å². The molecule has 3 rings (SSSR count). The maximum atomic E-state index is 11.7. The standard InChI is InChI=1S/C21H27NO2S/c1-21(2,11-10-16-6-5-7-19(12-16)24-3)22-14-17-8-9-20(25(4)23)13-18(17)15-22/h5-9,12-13H,10-11,14-15H2,1-4H3. The molecular weight excluding hydrogens is 330 g/mol. The van der Waals surface area contributed by atoms with Crippen LogP contribution in [0, 0.1) is 0 Å². The molecule has 1 aliphatic rings. The van der Waals surface area contributed by atoms with Gasteiger partial charge < -0.3 is 9.29 Å². The van der Waals surface area contributed by atoms with Gasteiger partial charge >= 0.3 is 0 Å². The number of rotatable bonds is 6. The van der Waals surface area contributed by atoms with Crippen LogP contribution >= 0.6 is 0 Å². The molecule has 1 atom stereocenters. The topological polar surface area (TPSA) is 35.5 Å². The van der Waals surface area contributed by atoms with Gasteiger partial charge in [0, 0.05) is 18.6 Å². The van der Waals surface area contributed by atoms with Crippen LogP contribution in [0.3, 0.4) is 0 Å². The summed E-state index contributed by atoms with van der Waals surface area (Å²) >= 11 is -0.916. The highest BCUT2D eigenvalue weighted by Gasteiger charge is 2.32. The van der Waals surface area contributed by atoms with E-state index in [1.165, 1.54) is 16.7 Å². The van der Waals surface area contributed by atoms with Crippen LogP contribution in [0.1, 0.15) is 37.0 Å². The molecule has 134 valence electrons. The van der Waals surface area contributed by atoms with Crippen molar-refractivity contribution in [3.8, 4) is 5.75 Å². The molecule has 0 fully saturated rings. The highest BCUT2D eigenvalue weighted by molar-refractivity contribution is 7.90. The van der Waals surface area contributed by atoms with E-state index < -0.39 is 11.2 Å². The van der Waals surface area contributed by atoms with E-state index >= 15 is 0 Å². The molecule has 0 bridgehead atoms. The molecule has 1 unspecified atom stereocenters. The molecule has 1 heterocycles. The molecule has 0 saturated heterocycles. The fraction of sp³-hybridized carbons (Fsp3) is 0.429. The van der Waals surface area contributed by atoms with Crippen LogP contribution < -0.4 is 4.74 Å². The van der Waals surface area contributed by atoms with Gasteiger partial charge in [-0.2, -0.15) is 0 Å². The van der Waals surface area contributed by atoms with Crippen LogP contribution in [0.2, 0.25) is 0 Å². The van der Waals surface area contributed by atoms with Gasteiger partial charge in [0.25, 0.3) is 0 Å². The predicted octanol–water partition coefficient (Wildman–Crippen LogP) is 4.16. The van der Waals surface area contributed by atoms with Crippen molar-refractivity contribution in [1.29, 1.82) is 0 Å². The Bertz CT molecular complexity index is 742. The summed E-state index contributed by atoms with van der Waals surface area (Å²) in [5.74, 6) is 0.920. The molecule has 3 nitrogen and oxygen atoms in total. The summed E-state index contributed by atoms with van der Waals surface area (Å²) in [4.78, 5) is 3.45. The van der Waals surface area contributed by atoms with E-state index in [-0.39, 0.29) is 5.54 Å². The molecule has 25 heavy (non-hydrogen) atoms. The number of nitrogens with zero attached hydrogens (tertiary/aromatic N) is 1. The second-order valence-electron chi connectivity index (χ2n) is 7.40. The minimum atomic E-state index is -0.916. The molecule has 2 aromatic rings. The number of aryl methyl sites for hydroxylation is 1. The van der Waals surface area contributed by atoms with Crippen LogP contribution in [-0.4, -0.2) is 28.4 Å². The number of methoxy groups -OCH3 is 1. The maximum absolute atomic E-state index is 11.7. The highest BCUT2D eigenvalue weighted by Crippen LogP contribution is 2.33. The van der Waals surface area contributed by atoms with E-state index in [1.807, 2.05) is 12.1 Å². The molecule has 1 aliphatic heterocycles. The van der Waals surface area contributed by atoms with E-state index in [0.29, 0.717) is 0 Å². The number of ether oxygens (including phenoxy) is 1. The van der Waals surface area contributed by atoms with Gasteiger partial charge in [0.05, 0.1) is 7.11 Å². The second kappa shape index (κ2) is 7.40. The lowest BCUT2D eigenvalue weighted by Crippen LogP contribution is -2.40. The van der Waals surface area contributed by atoms with Crippen molar-refractivity contribution in [2.24, 2.45) is 0 Å². The maximum Gasteiger partial charge on any atom is 0.152 e. The van der Waals surface area contributed by atoms with E-state index in [9.17, 15) is 4.55 Å². The van der Waals surface area contributed by atoms with Crippen molar-refractivity contribution in [2.45, 2.75) is 50.2 Å². The van der Waals surface area contributed by atoms with Crippen LogP contribution in [0.4, 0.5) is 0 Å².